The van der Waals surface area contributed by atoms with Gasteiger partial charge in [0, 0.05) is 16.8 Å². The molecule has 120 valence electrons. The van der Waals surface area contributed by atoms with E-state index in [9.17, 15) is 18.0 Å². The Morgan fingerprint density at radius 3 is 2.68 bits per heavy atom. The number of benzene rings is 1. The molecule has 2 amide bonds. The number of rotatable bonds is 4. The second-order valence-electron chi connectivity index (χ2n) is 5.30. The summed E-state index contributed by atoms with van der Waals surface area (Å²) in [6, 6.07) is 4.70. The minimum atomic E-state index is -3.06. The molecule has 1 fully saturated rings. The fourth-order valence-electron chi connectivity index (χ4n) is 2.27. The van der Waals surface area contributed by atoms with Crippen molar-refractivity contribution in [2.75, 3.05) is 16.8 Å². The maximum Gasteiger partial charge on any atom is 0.233 e. The predicted octanol–water partition coefficient (Wildman–Crippen LogP) is 1.28. The smallest absolute Gasteiger partial charge is 0.233 e. The lowest BCUT2D eigenvalue weighted by atomic mass is 10.2. The first-order chi connectivity index (χ1) is 10.3. The maximum atomic E-state index is 11.9. The number of halogens is 1. The van der Waals surface area contributed by atoms with E-state index in [1.54, 1.807) is 25.1 Å². The lowest BCUT2D eigenvalue weighted by molar-refractivity contribution is -0.127. The Bertz CT molecular complexity index is 703. The number of nitrogens with one attached hydrogen (secondary N) is 2. The lowest BCUT2D eigenvalue weighted by Crippen LogP contribution is -2.37. The Balaban J connectivity index is 1.87. The average Bonchev–Trinajstić information content (AvgIpc) is 2.74. The molecule has 1 aliphatic rings. The lowest BCUT2D eigenvalue weighted by Gasteiger charge is -2.12. The molecular weight excluding hydrogens is 328 g/mol. The Morgan fingerprint density at radius 1 is 1.32 bits per heavy atom. The van der Waals surface area contributed by atoms with Gasteiger partial charge in [-0.1, -0.05) is 17.7 Å². The van der Waals surface area contributed by atoms with Gasteiger partial charge in [0.1, 0.15) is 6.42 Å². The molecule has 2 rings (SSSR count). The van der Waals surface area contributed by atoms with Gasteiger partial charge in [0.25, 0.3) is 0 Å². The van der Waals surface area contributed by atoms with Crippen molar-refractivity contribution < 1.29 is 18.0 Å². The van der Waals surface area contributed by atoms with Crippen molar-refractivity contribution in [3.8, 4) is 0 Å². The van der Waals surface area contributed by atoms with E-state index in [1.165, 1.54) is 0 Å². The first-order valence-electron chi connectivity index (χ1n) is 6.81. The van der Waals surface area contributed by atoms with Gasteiger partial charge in [0.15, 0.2) is 9.84 Å². The summed E-state index contributed by atoms with van der Waals surface area (Å²) in [7, 11) is -3.06. The molecule has 1 aromatic carbocycles. The summed E-state index contributed by atoms with van der Waals surface area (Å²) in [5.74, 6) is -0.942. The monoisotopic (exact) mass is 344 g/mol. The first kappa shape index (κ1) is 16.8. The van der Waals surface area contributed by atoms with E-state index in [-0.39, 0.29) is 17.9 Å². The molecule has 0 spiro atoms. The molecule has 1 aromatic rings. The normalized spacial score (nSPS) is 19.6. The second-order valence-corrected chi connectivity index (χ2v) is 7.94. The molecule has 0 radical (unpaired) electrons. The van der Waals surface area contributed by atoms with Crippen LogP contribution in [0.3, 0.4) is 0 Å². The highest BCUT2D eigenvalue weighted by Gasteiger charge is 2.29. The Hall–Kier alpha value is -1.60. The van der Waals surface area contributed by atoms with Crippen LogP contribution in [-0.4, -0.2) is 37.8 Å². The van der Waals surface area contributed by atoms with E-state index >= 15 is 0 Å². The molecule has 1 atom stereocenters. The third kappa shape index (κ3) is 4.45. The van der Waals surface area contributed by atoms with Crippen LogP contribution in [0.15, 0.2) is 18.2 Å². The standard InChI is InChI=1S/C14H17ClN2O4S/c1-9-11(15)3-2-4-12(9)17-14(19)7-13(18)16-10-5-6-22(20,21)8-10/h2-4,10H,5-8H2,1H3,(H,16,18)(H,17,19). The van der Waals surface area contributed by atoms with Gasteiger partial charge in [-0.15, -0.1) is 0 Å². The molecule has 2 N–H and O–H groups in total. The van der Waals surface area contributed by atoms with Crippen molar-refractivity contribution in [2.24, 2.45) is 0 Å². The van der Waals surface area contributed by atoms with Gasteiger partial charge in [-0.05, 0) is 31.0 Å². The SMILES string of the molecule is Cc1c(Cl)cccc1NC(=O)CC(=O)NC1CCS(=O)(=O)C1. The third-order valence-corrected chi connectivity index (χ3v) is 5.64. The zero-order chi connectivity index (χ0) is 16.3. The maximum absolute atomic E-state index is 11.9. The van der Waals surface area contributed by atoms with Crippen molar-refractivity contribution >= 4 is 38.9 Å². The summed E-state index contributed by atoms with van der Waals surface area (Å²) >= 11 is 5.96. The Labute approximate surface area is 134 Å². The van der Waals surface area contributed by atoms with E-state index in [2.05, 4.69) is 10.6 Å². The number of sulfone groups is 1. The predicted molar refractivity (Wildman–Crippen MR) is 84.6 cm³/mol. The molecule has 1 heterocycles. The summed E-state index contributed by atoms with van der Waals surface area (Å²) in [5, 5.41) is 5.72. The number of carbonyl (C=O) groups is 2. The van der Waals surface area contributed by atoms with Crippen molar-refractivity contribution in [2.45, 2.75) is 25.8 Å². The quantitative estimate of drug-likeness (QED) is 0.805. The van der Waals surface area contributed by atoms with Crippen LogP contribution in [-0.2, 0) is 19.4 Å². The van der Waals surface area contributed by atoms with Gasteiger partial charge < -0.3 is 10.6 Å². The number of hydrogen-bond donors (Lipinski definition) is 2. The molecule has 0 aliphatic carbocycles. The van der Waals surface area contributed by atoms with Crippen LogP contribution in [0.1, 0.15) is 18.4 Å². The highest BCUT2D eigenvalue weighted by Crippen LogP contribution is 2.23. The highest BCUT2D eigenvalue weighted by molar-refractivity contribution is 7.91. The largest absolute Gasteiger partial charge is 0.352 e. The molecule has 0 saturated carbocycles. The van der Waals surface area contributed by atoms with Crippen LogP contribution >= 0.6 is 11.6 Å². The van der Waals surface area contributed by atoms with E-state index in [0.29, 0.717) is 17.1 Å². The minimum absolute atomic E-state index is 0.0617. The van der Waals surface area contributed by atoms with Crippen LogP contribution in [0.25, 0.3) is 0 Å². The van der Waals surface area contributed by atoms with Gasteiger partial charge in [-0.25, -0.2) is 8.42 Å². The number of anilines is 1. The molecular formula is C14H17ClN2O4S. The summed E-state index contributed by atoms with van der Waals surface area (Å²) in [6.45, 7) is 1.77. The molecule has 1 saturated heterocycles. The first-order valence-corrected chi connectivity index (χ1v) is 9.01. The van der Waals surface area contributed by atoms with Crippen LogP contribution in [0.4, 0.5) is 5.69 Å². The molecule has 22 heavy (non-hydrogen) atoms. The Kier molecular flexibility index (Phi) is 5.08. The van der Waals surface area contributed by atoms with Gasteiger partial charge in [0.05, 0.1) is 11.5 Å². The third-order valence-electron chi connectivity index (χ3n) is 3.46. The molecule has 0 bridgehead atoms. The molecule has 8 heteroatoms. The van der Waals surface area contributed by atoms with Crippen molar-refractivity contribution in [1.29, 1.82) is 0 Å². The topological polar surface area (TPSA) is 92.3 Å². The molecule has 1 unspecified atom stereocenters. The highest BCUT2D eigenvalue weighted by atomic mass is 35.5. The van der Waals surface area contributed by atoms with Gasteiger partial charge in [-0.3, -0.25) is 9.59 Å². The fraction of sp³-hybridized carbons (Fsp3) is 0.429. The van der Waals surface area contributed by atoms with Crippen LogP contribution < -0.4 is 10.6 Å². The number of amides is 2. The number of hydrogen-bond acceptors (Lipinski definition) is 4. The Morgan fingerprint density at radius 2 is 2.05 bits per heavy atom. The zero-order valence-electron chi connectivity index (χ0n) is 12.1. The number of carbonyl (C=O) groups excluding carboxylic acids is 2. The van der Waals surface area contributed by atoms with E-state index in [4.69, 9.17) is 11.6 Å². The molecule has 1 aliphatic heterocycles. The van der Waals surface area contributed by atoms with Crippen LogP contribution in [0.5, 0.6) is 0 Å². The van der Waals surface area contributed by atoms with Gasteiger partial charge in [0.2, 0.25) is 11.8 Å². The fourth-order valence-corrected chi connectivity index (χ4v) is 4.12. The van der Waals surface area contributed by atoms with Crippen molar-refractivity contribution in [3.05, 3.63) is 28.8 Å². The summed E-state index contributed by atoms with van der Waals surface area (Å²) in [6.07, 6.45) is 0.0333. The minimum Gasteiger partial charge on any atom is -0.352 e. The zero-order valence-corrected chi connectivity index (χ0v) is 13.6. The van der Waals surface area contributed by atoms with Crippen LogP contribution in [0, 0.1) is 6.92 Å². The average molecular weight is 345 g/mol. The summed E-state index contributed by atoms with van der Waals surface area (Å²) in [4.78, 5) is 23.6. The summed E-state index contributed by atoms with van der Waals surface area (Å²) in [5.41, 5.74) is 1.27. The van der Waals surface area contributed by atoms with Gasteiger partial charge in [-0.2, -0.15) is 0 Å². The van der Waals surface area contributed by atoms with E-state index in [0.717, 1.165) is 5.56 Å². The van der Waals surface area contributed by atoms with E-state index < -0.39 is 27.7 Å². The van der Waals surface area contributed by atoms with Crippen molar-refractivity contribution in [3.63, 3.8) is 0 Å². The van der Waals surface area contributed by atoms with Gasteiger partial charge >= 0.3 is 0 Å². The van der Waals surface area contributed by atoms with Crippen molar-refractivity contribution in [1.82, 2.24) is 5.32 Å². The van der Waals surface area contributed by atoms with E-state index in [1.807, 2.05) is 0 Å². The second kappa shape index (κ2) is 6.66. The molecule has 0 aromatic heterocycles. The van der Waals surface area contributed by atoms with Crippen LogP contribution in [0.2, 0.25) is 5.02 Å². The molecule has 6 nitrogen and oxygen atoms in total. The summed E-state index contributed by atoms with van der Waals surface area (Å²) < 4.78 is 22.6.